The van der Waals surface area contributed by atoms with Gasteiger partial charge in [0.05, 0.1) is 23.1 Å². The highest BCUT2D eigenvalue weighted by Crippen LogP contribution is 2.42. The zero-order valence-electron chi connectivity index (χ0n) is 19.1. The number of hydrogen-bond acceptors (Lipinski definition) is 5. The maximum absolute atomic E-state index is 13.1. The summed E-state index contributed by atoms with van der Waals surface area (Å²) in [5.41, 5.74) is 6.30. The van der Waals surface area contributed by atoms with Gasteiger partial charge in [0.1, 0.15) is 0 Å². The lowest BCUT2D eigenvalue weighted by Gasteiger charge is -2.28. The Bertz CT molecular complexity index is 1190. The van der Waals surface area contributed by atoms with Gasteiger partial charge < -0.3 is 10.2 Å². The van der Waals surface area contributed by atoms with Crippen LogP contribution in [-0.2, 0) is 12.8 Å². The van der Waals surface area contributed by atoms with Crippen LogP contribution < -0.4 is 5.32 Å². The quantitative estimate of drug-likeness (QED) is 0.656. The monoisotopic (exact) mass is 442 g/mol. The van der Waals surface area contributed by atoms with Crippen molar-refractivity contribution in [2.75, 3.05) is 26.7 Å². The normalized spacial score (nSPS) is 18.6. The molecular weight excluding hydrogens is 412 g/mol. The van der Waals surface area contributed by atoms with E-state index in [4.69, 9.17) is 4.98 Å². The number of fused-ring (bicyclic) bond motifs is 3. The number of nitrogens with zero attached hydrogens (tertiary/aromatic N) is 5. The van der Waals surface area contributed by atoms with E-state index in [0.717, 1.165) is 69.5 Å². The van der Waals surface area contributed by atoms with Gasteiger partial charge in [-0.1, -0.05) is 24.3 Å². The van der Waals surface area contributed by atoms with E-state index >= 15 is 0 Å². The molecule has 0 bridgehead atoms. The van der Waals surface area contributed by atoms with E-state index in [1.165, 1.54) is 16.7 Å². The lowest BCUT2D eigenvalue weighted by Crippen LogP contribution is -2.37. The first-order valence-corrected chi connectivity index (χ1v) is 12.2. The highest BCUT2D eigenvalue weighted by molar-refractivity contribution is 5.95. The molecule has 0 radical (unpaired) electrons. The summed E-state index contributed by atoms with van der Waals surface area (Å²) < 4.78 is 1.81. The smallest absolute Gasteiger partial charge is 0.254 e. The first-order chi connectivity index (χ1) is 16.2. The highest BCUT2D eigenvalue weighted by Gasteiger charge is 2.34. The van der Waals surface area contributed by atoms with Crippen molar-refractivity contribution in [1.82, 2.24) is 30.0 Å². The fraction of sp³-hybridized carbons (Fsp3) is 0.462. The summed E-state index contributed by atoms with van der Waals surface area (Å²) in [6, 6.07) is 8.46. The third-order valence-corrected chi connectivity index (χ3v) is 7.38. The molecule has 170 valence electrons. The van der Waals surface area contributed by atoms with Gasteiger partial charge in [-0.2, -0.15) is 5.10 Å². The molecular formula is C26H30N6O. The number of aryl methyl sites for hydroxylation is 2. The van der Waals surface area contributed by atoms with Crippen molar-refractivity contribution in [2.24, 2.45) is 5.92 Å². The Morgan fingerprint density at radius 1 is 1.06 bits per heavy atom. The minimum atomic E-state index is -0.0228. The largest absolute Gasteiger partial charge is 0.352 e. The Hall–Kier alpha value is -3.06. The number of rotatable bonds is 5. The minimum absolute atomic E-state index is 0.0228. The molecule has 0 atom stereocenters. The summed E-state index contributed by atoms with van der Waals surface area (Å²) >= 11 is 0. The van der Waals surface area contributed by atoms with Crippen molar-refractivity contribution in [3.05, 3.63) is 59.0 Å². The van der Waals surface area contributed by atoms with Crippen LogP contribution in [0.3, 0.4) is 0 Å². The molecule has 2 aliphatic carbocycles. The average Bonchev–Trinajstić information content (AvgIpc) is 3.60. The van der Waals surface area contributed by atoms with Crippen molar-refractivity contribution < 1.29 is 4.79 Å². The van der Waals surface area contributed by atoms with Gasteiger partial charge in [-0.3, -0.25) is 4.79 Å². The van der Waals surface area contributed by atoms with Crippen LogP contribution >= 0.6 is 0 Å². The van der Waals surface area contributed by atoms with Crippen LogP contribution in [0.4, 0.5) is 0 Å². The molecule has 0 spiro atoms. The van der Waals surface area contributed by atoms with E-state index < -0.39 is 0 Å². The van der Waals surface area contributed by atoms with Crippen LogP contribution in [0.1, 0.15) is 58.8 Å². The van der Waals surface area contributed by atoms with Crippen molar-refractivity contribution in [2.45, 2.75) is 44.4 Å². The molecule has 3 aromatic rings. The maximum Gasteiger partial charge on any atom is 0.254 e. The molecule has 1 amide bonds. The molecule has 3 aliphatic rings. The molecule has 0 unspecified atom stereocenters. The molecule has 2 fully saturated rings. The van der Waals surface area contributed by atoms with Gasteiger partial charge in [0.25, 0.3) is 11.9 Å². The Morgan fingerprint density at radius 3 is 2.67 bits per heavy atom. The molecule has 3 heterocycles. The minimum Gasteiger partial charge on any atom is -0.352 e. The number of carbonyl (C=O) groups excluding carboxylic acids is 1. The number of aromatic nitrogens is 4. The lowest BCUT2D eigenvalue weighted by atomic mass is 9.90. The second-order valence-corrected chi connectivity index (χ2v) is 9.79. The molecule has 1 saturated carbocycles. The van der Waals surface area contributed by atoms with Gasteiger partial charge >= 0.3 is 0 Å². The van der Waals surface area contributed by atoms with Crippen LogP contribution in [0.2, 0.25) is 0 Å². The van der Waals surface area contributed by atoms with E-state index in [1.54, 1.807) is 10.9 Å². The predicted octanol–water partition coefficient (Wildman–Crippen LogP) is 3.38. The molecule has 7 nitrogen and oxygen atoms in total. The number of likely N-dealkylation sites (tertiary alicyclic amines) is 1. The van der Waals surface area contributed by atoms with Gasteiger partial charge in [0.15, 0.2) is 0 Å². The number of benzene rings is 1. The van der Waals surface area contributed by atoms with E-state index in [0.29, 0.717) is 23.3 Å². The Morgan fingerprint density at radius 2 is 1.85 bits per heavy atom. The summed E-state index contributed by atoms with van der Waals surface area (Å²) in [5.74, 6) is 1.43. The van der Waals surface area contributed by atoms with Crippen molar-refractivity contribution in [3.8, 4) is 17.2 Å². The van der Waals surface area contributed by atoms with Gasteiger partial charge in [-0.15, -0.1) is 0 Å². The third-order valence-electron chi connectivity index (χ3n) is 7.38. The van der Waals surface area contributed by atoms with Crippen LogP contribution in [0.5, 0.6) is 0 Å². The number of amides is 1. The topological polar surface area (TPSA) is 75.9 Å². The first kappa shape index (κ1) is 20.5. The zero-order valence-corrected chi connectivity index (χ0v) is 19.1. The van der Waals surface area contributed by atoms with Gasteiger partial charge in [0.2, 0.25) is 0 Å². The highest BCUT2D eigenvalue weighted by atomic mass is 16.1. The SMILES string of the molecule is CN1CCC(CNC(=O)c2cnn(-c3ncc4c(n3)-c3ccccc3CC4)c2C2CC2)CC1. The lowest BCUT2D eigenvalue weighted by molar-refractivity contribution is 0.0938. The first-order valence-electron chi connectivity index (χ1n) is 12.2. The van der Waals surface area contributed by atoms with Gasteiger partial charge in [-0.05, 0) is 75.7 Å². The molecule has 2 aromatic heterocycles. The Kier molecular flexibility index (Phi) is 5.21. The number of hydrogen-bond donors (Lipinski definition) is 1. The van der Waals surface area contributed by atoms with Crippen LogP contribution in [0.15, 0.2) is 36.7 Å². The van der Waals surface area contributed by atoms with Gasteiger partial charge in [-0.25, -0.2) is 14.6 Å². The van der Waals surface area contributed by atoms with Crippen LogP contribution in [-0.4, -0.2) is 57.2 Å². The predicted molar refractivity (Wildman–Crippen MR) is 127 cm³/mol. The third kappa shape index (κ3) is 3.95. The second-order valence-electron chi connectivity index (χ2n) is 9.79. The number of nitrogens with one attached hydrogen (secondary N) is 1. The number of carbonyl (C=O) groups is 1. The molecule has 1 saturated heterocycles. The second kappa shape index (κ2) is 8.37. The van der Waals surface area contributed by atoms with E-state index in [-0.39, 0.29) is 5.91 Å². The zero-order chi connectivity index (χ0) is 22.4. The van der Waals surface area contributed by atoms with Crippen molar-refractivity contribution in [1.29, 1.82) is 0 Å². The molecule has 1 N–H and O–H groups in total. The van der Waals surface area contributed by atoms with E-state index in [1.807, 2.05) is 6.20 Å². The molecule has 1 aliphatic heterocycles. The summed E-state index contributed by atoms with van der Waals surface area (Å²) in [6.07, 6.45) is 10.0. The fourth-order valence-electron chi connectivity index (χ4n) is 5.19. The van der Waals surface area contributed by atoms with E-state index in [2.05, 4.69) is 51.6 Å². The van der Waals surface area contributed by atoms with E-state index in [9.17, 15) is 4.79 Å². The molecule has 7 heteroatoms. The van der Waals surface area contributed by atoms with Crippen molar-refractivity contribution >= 4 is 5.91 Å². The fourth-order valence-corrected chi connectivity index (χ4v) is 5.19. The summed E-state index contributed by atoms with van der Waals surface area (Å²) in [5, 5.41) is 7.79. The molecule has 33 heavy (non-hydrogen) atoms. The van der Waals surface area contributed by atoms with Gasteiger partial charge in [0, 0.05) is 24.2 Å². The summed E-state index contributed by atoms with van der Waals surface area (Å²) in [4.78, 5) is 25.1. The maximum atomic E-state index is 13.1. The van der Waals surface area contributed by atoms with Crippen LogP contribution in [0, 0.1) is 5.92 Å². The Balaban J connectivity index is 1.28. The van der Waals surface area contributed by atoms with Crippen LogP contribution in [0.25, 0.3) is 17.2 Å². The standard InChI is InChI=1S/C26H30N6O/c1-31-12-10-17(11-13-31)14-27-25(33)22-16-29-32(24(22)19-7-8-19)26-28-15-20-9-6-18-4-2-3-5-21(18)23(20)30-26/h2-5,15-17,19H,6-14H2,1H3,(H,27,33). The Labute approximate surface area is 194 Å². The molecule has 1 aromatic carbocycles. The summed E-state index contributed by atoms with van der Waals surface area (Å²) in [7, 11) is 2.16. The molecule has 6 rings (SSSR count). The average molecular weight is 443 g/mol. The number of piperidine rings is 1. The summed E-state index contributed by atoms with van der Waals surface area (Å²) in [6.45, 7) is 2.93. The van der Waals surface area contributed by atoms with Crippen molar-refractivity contribution in [3.63, 3.8) is 0 Å².